The summed E-state index contributed by atoms with van der Waals surface area (Å²) < 4.78 is 0. The average Bonchev–Trinajstić information content (AvgIpc) is 3.42. The van der Waals surface area contributed by atoms with Crippen molar-refractivity contribution in [2.24, 2.45) is 0 Å². The first kappa shape index (κ1) is 40.1. The Kier molecular flexibility index (Phi) is 11.0. The van der Waals surface area contributed by atoms with E-state index in [1.165, 1.54) is 38.9 Å². The highest BCUT2D eigenvalue weighted by Gasteiger charge is 2.24. The smallest absolute Gasteiger partial charge is 0.160 e. The standard InChI is InChI=1S/C64H44N2/c1-8-22-45(23-9-1)54-40-55(46-36-38-49(39-37-46)60-44-59(48-26-12-3-13-27-48)65-64(66-60)53-34-20-7-21-35-53)42-56(41-54)58-43-57(47-24-10-2-11-25-47)61(50-28-14-4-15-29-50)63(52-32-18-6-19-33-52)62(58)51-30-16-5-17-31-51/h1-44H. The van der Waals surface area contributed by atoms with E-state index in [-0.39, 0.29) is 0 Å². The van der Waals surface area contributed by atoms with Crippen molar-refractivity contribution in [3.63, 3.8) is 0 Å². The molecule has 0 N–H and O–H groups in total. The van der Waals surface area contributed by atoms with Crippen molar-refractivity contribution < 1.29 is 0 Å². The Hall–Kier alpha value is -8.72. The van der Waals surface area contributed by atoms with E-state index in [0.29, 0.717) is 5.82 Å². The minimum Gasteiger partial charge on any atom is -0.228 e. The first-order valence-electron chi connectivity index (χ1n) is 22.5. The third-order valence-corrected chi connectivity index (χ3v) is 12.3. The molecule has 0 spiro atoms. The monoisotopic (exact) mass is 840 g/mol. The van der Waals surface area contributed by atoms with Crippen LogP contribution in [0.4, 0.5) is 0 Å². The van der Waals surface area contributed by atoms with E-state index in [0.717, 1.165) is 67.0 Å². The van der Waals surface area contributed by atoms with Crippen molar-refractivity contribution in [1.82, 2.24) is 9.97 Å². The van der Waals surface area contributed by atoms with Gasteiger partial charge in [-0.25, -0.2) is 9.97 Å². The molecule has 0 saturated heterocycles. The van der Waals surface area contributed by atoms with Gasteiger partial charge in [-0.3, -0.25) is 0 Å². The molecular formula is C64H44N2. The van der Waals surface area contributed by atoms with E-state index in [9.17, 15) is 0 Å². The van der Waals surface area contributed by atoms with Gasteiger partial charge in [0, 0.05) is 16.7 Å². The highest BCUT2D eigenvalue weighted by Crippen LogP contribution is 2.51. The molecule has 310 valence electrons. The second-order valence-electron chi connectivity index (χ2n) is 16.5. The zero-order valence-electron chi connectivity index (χ0n) is 36.3. The van der Waals surface area contributed by atoms with E-state index in [2.05, 4.69) is 243 Å². The first-order valence-corrected chi connectivity index (χ1v) is 22.5. The van der Waals surface area contributed by atoms with Crippen molar-refractivity contribution in [1.29, 1.82) is 0 Å². The van der Waals surface area contributed by atoms with Gasteiger partial charge in [-0.15, -0.1) is 0 Å². The average molecular weight is 841 g/mol. The van der Waals surface area contributed by atoms with E-state index in [4.69, 9.17) is 9.97 Å². The zero-order chi connectivity index (χ0) is 44.1. The maximum absolute atomic E-state index is 5.13. The highest BCUT2D eigenvalue weighted by molar-refractivity contribution is 6.08. The number of nitrogens with zero attached hydrogens (tertiary/aromatic N) is 2. The lowest BCUT2D eigenvalue weighted by Gasteiger charge is -2.25. The van der Waals surface area contributed by atoms with Crippen LogP contribution in [-0.4, -0.2) is 9.97 Å². The third-order valence-electron chi connectivity index (χ3n) is 12.3. The molecule has 0 saturated carbocycles. The predicted molar refractivity (Wildman–Crippen MR) is 276 cm³/mol. The van der Waals surface area contributed by atoms with E-state index in [1.807, 2.05) is 24.3 Å². The summed E-state index contributed by atoms with van der Waals surface area (Å²) in [7, 11) is 0. The van der Waals surface area contributed by atoms with Gasteiger partial charge in [0.15, 0.2) is 5.82 Å². The lowest BCUT2D eigenvalue weighted by Crippen LogP contribution is -1.98. The molecule has 11 rings (SSSR count). The molecule has 11 aromatic rings. The molecule has 1 aromatic heterocycles. The highest BCUT2D eigenvalue weighted by atomic mass is 14.9. The minimum atomic E-state index is 0.702. The van der Waals surface area contributed by atoms with Crippen LogP contribution in [0.2, 0.25) is 0 Å². The molecule has 0 radical (unpaired) electrons. The molecule has 0 bridgehead atoms. The molecule has 10 aromatic carbocycles. The van der Waals surface area contributed by atoms with Gasteiger partial charge in [0.1, 0.15) is 0 Å². The number of hydrogen-bond donors (Lipinski definition) is 0. The molecule has 66 heavy (non-hydrogen) atoms. The Bertz CT molecular complexity index is 3330. The summed E-state index contributed by atoms with van der Waals surface area (Å²) >= 11 is 0. The molecule has 2 nitrogen and oxygen atoms in total. The molecule has 0 aliphatic carbocycles. The molecule has 0 aliphatic heterocycles. The fraction of sp³-hybridized carbons (Fsp3) is 0. The van der Waals surface area contributed by atoms with E-state index >= 15 is 0 Å². The first-order chi connectivity index (χ1) is 32.7. The summed E-state index contributed by atoms with van der Waals surface area (Å²) in [5.41, 5.74) is 21.1. The maximum atomic E-state index is 5.13. The van der Waals surface area contributed by atoms with E-state index < -0.39 is 0 Å². The van der Waals surface area contributed by atoms with Crippen LogP contribution in [0.5, 0.6) is 0 Å². The number of rotatable bonds is 10. The van der Waals surface area contributed by atoms with Gasteiger partial charge in [-0.1, -0.05) is 237 Å². The van der Waals surface area contributed by atoms with Gasteiger partial charge in [-0.05, 0) is 108 Å². The molecule has 0 fully saturated rings. The number of aromatic nitrogens is 2. The van der Waals surface area contributed by atoms with Crippen molar-refractivity contribution in [2.75, 3.05) is 0 Å². The fourth-order valence-electron chi connectivity index (χ4n) is 9.11. The lowest BCUT2D eigenvalue weighted by atomic mass is 9.78. The third kappa shape index (κ3) is 8.16. The maximum Gasteiger partial charge on any atom is 0.160 e. The van der Waals surface area contributed by atoms with Crippen LogP contribution in [0.15, 0.2) is 267 Å². The number of hydrogen-bond acceptors (Lipinski definition) is 2. The molecular weight excluding hydrogens is 797 g/mol. The largest absolute Gasteiger partial charge is 0.228 e. The van der Waals surface area contributed by atoms with Crippen LogP contribution >= 0.6 is 0 Å². The summed E-state index contributed by atoms with van der Waals surface area (Å²) in [6.45, 7) is 0. The minimum absolute atomic E-state index is 0.702. The molecule has 1 heterocycles. The SMILES string of the molecule is c1ccc(-c2cc(-c3ccc(-c4cc(-c5ccccc5)nc(-c5ccccc5)n4)cc3)cc(-c3cc(-c4ccccc4)c(-c4ccccc4)c(-c4ccccc4)c3-c3ccccc3)c2)cc1. The molecule has 0 amide bonds. The van der Waals surface area contributed by atoms with Gasteiger partial charge in [0.2, 0.25) is 0 Å². The Labute approximate surface area is 386 Å². The number of benzene rings is 10. The van der Waals surface area contributed by atoms with Gasteiger partial charge >= 0.3 is 0 Å². The van der Waals surface area contributed by atoms with E-state index in [1.54, 1.807) is 0 Å². The Morgan fingerprint density at radius 3 is 0.939 bits per heavy atom. The fourth-order valence-corrected chi connectivity index (χ4v) is 9.11. The van der Waals surface area contributed by atoms with Crippen LogP contribution in [-0.2, 0) is 0 Å². The second-order valence-corrected chi connectivity index (χ2v) is 16.5. The van der Waals surface area contributed by atoms with Crippen LogP contribution in [0.25, 0.3) is 112 Å². The zero-order valence-corrected chi connectivity index (χ0v) is 36.3. The summed E-state index contributed by atoms with van der Waals surface area (Å²) in [6.07, 6.45) is 0. The lowest BCUT2D eigenvalue weighted by molar-refractivity contribution is 1.18. The Balaban J connectivity index is 1.14. The Morgan fingerprint density at radius 2 is 0.485 bits per heavy atom. The molecule has 0 atom stereocenters. The van der Waals surface area contributed by atoms with Crippen molar-refractivity contribution in [3.05, 3.63) is 267 Å². The van der Waals surface area contributed by atoms with Crippen molar-refractivity contribution in [3.8, 4) is 112 Å². The summed E-state index contributed by atoms with van der Waals surface area (Å²) in [5, 5.41) is 0. The topological polar surface area (TPSA) is 25.8 Å². The summed E-state index contributed by atoms with van der Waals surface area (Å²) in [5.74, 6) is 0.702. The van der Waals surface area contributed by atoms with Gasteiger partial charge in [-0.2, -0.15) is 0 Å². The van der Waals surface area contributed by atoms with Crippen LogP contribution in [0, 0.1) is 0 Å². The van der Waals surface area contributed by atoms with Gasteiger partial charge in [0.05, 0.1) is 11.4 Å². The molecule has 0 unspecified atom stereocenters. The summed E-state index contributed by atoms with van der Waals surface area (Å²) in [6, 6.07) is 95.3. The Morgan fingerprint density at radius 1 is 0.182 bits per heavy atom. The quantitative estimate of drug-likeness (QED) is 0.137. The predicted octanol–water partition coefficient (Wildman–Crippen LogP) is 17.1. The van der Waals surface area contributed by atoms with Crippen molar-refractivity contribution in [2.45, 2.75) is 0 Å². The normalized spacial score (nSPS) is 11.0. The van der Waals surface area contributed by atoms with Crippen molar-refractivity contribution >= 4 is 0 Å². The van der Waals surface area contributed by atoms with Crippen LogP contribution in [0.1, 0.15) is 0 Å². The van der Waals surface area contributed by atoms with Crippen LogP contribution in [0.3, 0.4) is 0 Å². The second kappa shape index (κ2) is 18.2. The van der Waals surface area contributed by atoms with Gasteiger partial charge < -0.3 is 0 Å². The molecule has 2 heteroatoms. The van der Waals surface area contributed by atoms with Gasteiger partial charge in [0.25, 0.3) is 0 Å². The van der Waals surface area contributed by atoms with Crippen LogP contribution < -0.4 is 0 Å². The summed E-state index contributed by atoms with van der Waals surface area (Å²) in [4.78, 5) is 10.2. The molecule has 0 aliphatic rings.